The third-order valence-electron chi connectivity index (χ3n) is 5.07. The number of hydrazine groups is 1. The van der Waals surface area contributed by atoms with Crippen LogP contribution < -0.4 is 31.5 Å². The van der Waals surface area contributed by atoms with Crippen LogP contribution in [-0.2, 0) is 4.79 Å². The molecule has 2 aromatic rings. The Balaban J connectivity index is 1.60. The van der Waals surface area contributed by atoms with Crippen LogP contribution in [0.15, 0.2) is 47.8 Å². The SMILES string of the molecule is CC(=O)NC1CCN(c2ccc(OC/C(=C(\C)N)N(N)c3ccc(C(F)F)cc3)nn2)C1. The fourth-order valence-electron chi connectivity index (χ4n) is 3.38. The first-order chi connectivity index (χ1) is 15.2. The monoisotopic (exact) mass is 447 g/mol. The average molecular weight is 447 g/mol. The molecule has 5 N–H and O–H groups in total. The van der Waals surface area contributed by atoms with Gasteiger partial charge in [-0.2, -0.15) is 0 Å². The Morgan fingerprint density at radius 1 is 1.25 bits per heavy atom. The lowest BCUT2D eigenvalue weighted by molar-refractivity contribution is -0.119. The van der Waals surface area contributed by atoms with Crippen LogP contribution in [0.1, 0.15) is 32.3 Å². The molecule has 172 valence electrons. The van der Waals surface area contributed by atoms with Crippen LogP contribution in [0, 0.1) is 0 Å². The Hall–Kier alpha value is -3.47. The quantitative estimate of drug-likeness (QED) is 0.415. The molecular weight excluding hydrogens is 420 g/mol. The maximum Gasteiger partial charge on any atom is 0.263 e. The minimum absolute atomic E-state index is 0.0117. The van der Waals surface area contributed by atoms with Crippen molar-refractivity contribution in [3.05, 3.63) is 53.4 Å². The van der Waals surface area contributed by atoms with Gasteiger partial charge in [-0.3, -0.25) is 9.80 Å². The van der Waals surface area contributed by atoms with Crippen LogP contribution >= 0.6 is 0 Å². The molecule has 1 amide bonds. The predicted molar refractivity (Wildman–Crippen MR) is 117 cm³/mol. The first-order valence-corrected chi connectivity index (χ1v) is 10.1. The number of allylic oxidation sites excluding steroid dienone is 1. The van der Waals surface area contributed by atoms with Crippen molar-refractivity contribution in [3.8, 4) is 5.88 Å². The van der Waals surface area contributed by atoms with E-state index in [9.17, 15) is 13.6 Å². The molecule has 32 heavy (non-hydrogen) atoms. The normalized spacial score (nSPS) is 16.7. The van der Waals surface area contributed by atoms with E-state index >= 15 is 0 Å². The summed E-state index contributed by atoms with van der Waals surface area (Å²) in [7, 11) is 0. The van der Waals surface area contributed by atoms with Crippen LogP contribution in [0.5, 0.6) is 5.88 Å². The van der Waals surface area contributed by atoms with Crippen molar-refractivity contribution in [2.75, 3.05) is 29.6 Å². The third-order valence-corrected chi connectivity index (χ3v) is 5.07. The topological polar surface area (TPSA) is 123 Å². The molecule has 1 aromatic carbocycles. The van der Waals surface area contributed by atoms with E-state index in [0.717, 1.165) is 13.0 Å². The number of ether oxygens (including phenoxy) is 1. The summed E-state index contributed by atoms with van der Waals surface area (Å²) in [5.41, 5.74) is 7.22. The summed E-state index contributed by atoms with van der Waals surface area (Å²) in [6.07, 6.45) is -1.71. The van der Waals surface area contributed by atoms with Crippen LogP contribution in [0.3, 0.4) is 0 Å². The second-order valence-corrected chi connectivity index (χ2v) is 7.54. The van der Waals surface area contributed by atoms with Crippen molar-refractivity contribution >= 4 is 17.4 Å². The minimum atomic E-state index is -2.55. The Kier molecular flexibility index (Phi) is 7.41. The van der Waals surface area contributed by atoms with Gasteiger partial charge in [0, 0.05) is 43.4 Å². The highest BCUT2D eigenvalue weighted by Crippen LogP contribution is 2.24. The zero-order valence-corrected chi connectivity index (χ0v) is 18.0. The summed E-state index contributed by atoms with van der Waals surface area (Å²) in [6.45, 7) is 4.62. The van der Waals surface area contributed by atoms with Gasteiger partial charge in [-0.1, -0.05) is 12.1 Å². The molecule has 1 atom stereocenters. The van der Waals surface area contributed by atoms with Crippen LogP contribution in [-0.4, -0.2) is 41.8 Å². The Morgan fingerprint density at radius 3 is 2.53 bits per heavy atom. The summed E-state index contributed by atoms with van der Waals surface area (Å²) in [5, 5.41) is 12.5. The van der Waals surface area contributed by atoms with Gasteiger partial charge in [0.25, 0.3) is 6.43 Å². The minimum Gasteiger partial charge on any atom is -0.470 e. The Bertz CT molecular complexity index is 948. The Morgan fingerprint density at radius 2 is 1.97 bits per heavy atom. The zero-order chi connectivity index (χ0) is 23.3. The second-order valence-electron chi connectivity index (χ2n) is 7.54. The predicted octanol–water partition coefficient (Wildman–Crippen LogP) is 2.08. The number of carbonyl (C=O) groups excluding carboxylic acids is 1. The number of nitrogens with two attached hydrogens (primary N) is 2. The van der Waals surface area contributed by atoms with Gasteiger partial charge in [0.15, 0.2) is 5.82 Å². The summed E-state index contributed by atoms with van der Waals surface area (Å²) < 4.78 is 31.2. The van der Waals surface area contributed by atoms with Crippen molar-refractivity contribution in [1.29, 1.82) is 0 Å². The van der Waals surface area contributed by atoms with Crippen LogP contribution in [0.25, 0.3) is 0 Å². The van der Waals surface area contributed by atoms with Gasteiger partial charge in [0.2, 0.25) is 11.8 Å². The number of amides is 1. The molecule has 9 nitrogen and oxygen atoms in total. The fraction of sp³-hybridized carbons (Fsp3) is 0.381. The highest BCUT2D eigenvalue weighted by Gasteiger charge is 2.24. The standard InChI is InChI=1S/C21H27F2N7O2/c1-13(24)18(30(25)17-5-3-15(4-6-17)21(22)23)12-32-20-8-7-19(27-28-20)29-10-9-16(11-29)26-14(2)31/h3-8,16,21H,9-12,24-25H2,1-2H3,(H,26,31)/b18-13-. The van der Waals surface area contributed by atoms with Gasteiger partial charge in [0.1, 0.15) is 6.61 Å². The summed E-state index contributed by atoms with van der Waals surface area (Å²) in [6, 6.07) is 9.17. The number of hydrogen-bond acceptors (Lipinski definition) is 8. The number of rotatable bonds is 8. The molecule has 1 fully saturated rings. The summed E-state index contributed by atoms with van der Waals surface area (Å²) >= 11 is 0. The van der Waals surface area contributed by atoms with Crippen molar-refractivity contribution in [2.24, 2.45) is 11.6 Å². The number of alkyl halides is 2. The number of nitrogens with one attached hydrogen (secondary N) is 1. The van der Waals surface area contributed by atoms with Crippen LogP contribution in [0.2, 0.25) is 0 Å². The molecule has 0 spiro atoms. The molecular formula is C21H27F2N7O2. The van der Waals surface area contributed by atoms with Crippen LogP contribution in [0.4, 0.5) is 20.3 Å². The molecule has 1 aliphatic heterocycles. The average Bonchev–Trinajstić information content (AvgIpc) is 3.21. The molecule has 1 unspecified atom stereocenters. The number of carbonyl (C=O) groups is 1. The van der Waals surface area contributed by atoms with Crippen molar-refractivity contribution < 1.29 is 18.3 Å². The lowest BCUT2D eigenvalue weighted by Crippen LogP contribution is -2.35. The molecule has 2 heterocycles. The van der Waals surface area contributed by atoms with Gasteiger partial charge >= 0.3 is 0 Å². The first kappa shape index (κ1) is 23.2. The van der Waals surface area contributed by atoms with E-state index < -0.39 is 6.43 Å². The largest absolute Gasteiger partial charge is 0.470 e. The van der Waals surface area contributed by atoms with E-state index in [-0.39, 0.29) is 30.0 Å². The zero-order valence-electron chi connectivity index (χ0n) is 18.0. The van der Waals surface area contributed by atoms with Gasteiger partial charge in [0.05, 0.1) is 11.4 Å². The molecule has 0 saturated carbocycles. The maximum absolute atomic E-state index is 12.8. The maximum atomic E-state index is 12.8. The number of anilines is 2. The lowest BCUT2D eigenvalue weighted by Gasteiger charge is -2.23. The molecule has 0 bridgehead atoms. The first-order valence-electron chi connectivity index (χ1n) is 10.1. The van der Waals surface area contributed by atoms with Crippen molar-refractivity contribution in [3.63, 3.8) is 0 Å². The molecule has 1 aromatic heterocycles. The molecule has 11 heteroatoms. The molecule has 3 rings (SSSR count). The fourth-order valence-corrected chi connectivity index (χ4v) is 3.38. The van der Waals surface area contributed by atoms with E-state index in [1.165, 1.54) is 36.2 Å². The van der Waals surface area contributed by atoms with Crippen molar-refractivity contribution in [2.45, 2.75) is 32.7 Å². The van der Waals surface area contributed by atoms with E-state index in [1.807, 2.05) is 4.90 Å². The molecule has 1 aliphatic rings. The molecule has 1 saturated heterocycles. The smallest absolute Gasteiger partial charge is 0.263 e. The number of nitrogens with zero attached hydrogens (tertiary/aromatic N) is 4. The summed E-state index contributed by atoms with van der Waals surface area (Å²) in [4.78, 5) is 13.3. The molecule has 0 aliphatic carbocycles. The van der Waals surface area contributed by atoms with Gasteiger partial charge < -0.3 is 20.7 Å². The van der Waals surface area contributed by atoms with E-state index in [2.05, 4.69) is 15.5 Å². The highest BCUT2D eigenvalue weighted by molar-refractivity contribution is 5.73. The van der Waals surface area contributed by atoms with Gasteiger partial charge in [-0.15, -0.1) is 10.2 Å². The number of benzene rings is 1. The van der Waals surface area contributed by atoms with Gasteiger partial charge in [-0.25, -0.2) is 14.6 Å². The second kappa shape index (κ2) is 10.2. The van der Waals surface area contributed by atoms with E-state index in [1.54, 1.807) is 19.1 Å². The van der Waals surface area contributed by atoms with Crippen molar-refractivity contribution in [1.82, 2.24) is 15.5 Å². The number of aromatic nitrogens is 2. The number of hydrogen-bond donors (Lipinski definition) is 3. The number of halogens is 2. The van der Waals surface area contributed by atoms with Gasteiger partial charge in [-0.05, 0) is 31.5 Å². The van der Waals surface area contributed by atoms with E-state index in [4.69, 9.17) is 16.3 Å². The Labute approximate surface area is 185 Å². The van der Waals surface area contributed by atoms with E-state index in [0.29, 0.717) is 29.4 Å². The lowest BCUT2D eigenvalue weighted by atomic mass is 10.2. The third kappa shape index (κ3) is 5.82. The summed E-state index contributed by atoms with van der Waals surface area (Å²) in [5.74, 6) is 7.06. The molecule has 0 radical (unpaired) electrons. The highest BCUT2D eigenvalue weighted by atomic mass is 19.3.